The van der Waals surface area contributed by atoms with Crippen molar-refractivity contribution < 1.29 is 9.15 Å². The van der Waals surface area contributed by atoms with Gasteiger partial charge in [0.15, 0.2) is 11.4 Å². The number of hydrogen-bond donors (Lipinski definition) is 0. The summed E-state index contributed by atoms with van der Waals surface area (Å²) in [6.45, 7) is 6.94. The molecule has 1 aliphatic rings. The SMILES string of the molecule is Cc1nnc2oc3c(N4CCOCC4)ncnc3c2c1C. The molecule has 1 fully saturated rings. The summed E-state index contributed by atoms with van der Waals surface area (Å²) in [5, 5.41) is 9.18. The molecule has 21 heavy (non-hydrogen) atoms. The Morgan fingerprint density at radius 2 is 1.90 bits per heavy atom. The lowest BCUT2D eigenvalue weighted by Gasteiger charge is -2.27. The number of morpholine rings is 1. The molecule has 0 saturated carbocycles. The van der Waals surface area contributed by atoms with E-state index in [9.17, 15) is 0 Å². The molecule has 0 atom stereocenters. The quantitative estimate of drug-likeness (QED) is 0.672. The van der Waals surface area contributed by atoms with Crippen molar-refractivity contribution in [3.63, 3.8) is 0 Å². The summed E-state index contributed by atoms with van der Waals surface area (Å²) in [7, 11) is 0. The van der Waals surface area contributed by atoms with Gasteiger partial charge in [-0.15, -0.1) is 5.10 Å². The molecule has 4 heterocycles. The van der Waals surface area contributed by atoms with Gasteiger partial charge in [0.25, 0.3) is 0 Å². The number of aromatic nitrogens is 4. The molecular formula is C14H15N5O2. The molecule has 0 aromatic carbocycles. The lowest BCUT2D eigenvalue weighted by molar-refractivity contribution is 0.122. The summed E-state index contributed by atoms with van der Waals surface area (Å²) in [6, 6.07) is 0. The third kappa shape index (κ3) is 1.84. The highest BCUT2D eigenvalue weighted by Gasteiger charge is 2.22. The van der Waals surface area contributed by atoms with Crippen LogP contribution in [0.1, 0.15) is 11.3 Å². The molecule has 108 valence electrons. The lowest BCUT2D eigenvalue weighted by Crippen LogP contribution is -2.36. The third-order valence-electron chi connectivity index (χ3n) is 3.95. The maximum absolute atomic E-state index is 5.89. The van der Waals surface area contributed by atoms with Crippen LogP contribution >= 0.6 is 0 Å². The van der Waals surface area contributed by atoms with Gasteiger partial charge in [0, 0.05) is 13.1 Å². The number of hydrogen-bond acceptors (Lipinski definition) is 7. The van der Waals surface area contributed by atoms with Crippen LogP contribution in [0.2, 0.25) is 0 Å². The molecule has 7 nitrogen and oxygen atoms in total. The minimum atomic E-state index is 0.517. The van der Waals surface area contributed by atoms with Crippen LogP contribution in [0.3, 0.4) is 0 Å². The molecule has 7 heteroatoms. The van der Waals surface area contributed by atoms with Crippen molar-refractivity contribution in [3.8, 4) is 0 Å². The number of furan rings is 1. The maximum atomic E-state index is 5.89. The summed E-state index contributed by atoms with van der Waals surface area (Å²) in [5.74, 6) is 0.804. The van der Waals surface area contributed by atoms with E-state index in [0.717, 1.165) is 41.1 Å². The predicted molar refractivity (Wildman–Crippen MR) is 77.4 cm³/mol. The van der Waals surface area contributed by atoms with E-state index in [-0.39, 0.29) is 0 Å². The summed E-state index contributed by atoms with van der Waals surface area (Å²) < 4.78 is 11.3. The van der Waals surface area contributed by atoms with E-state index in [1.54, 1.807) is 6.33 Å². The minimum Gasteiger partial charge on any atom is -0.431 e. The van der Waals surface area contributed by atoms with Gasteiger partial charge in [0.05, 0.1) is 24.3 Å². The van der Waals surface area contributed by atoms with Gasteiger partial charge >= 0.3 is 0 Å². The van der Waals surface area contributed by atoms with Crippen molar-refractivity contribution in [2.24, 2.45) is 0 Å². The van der Waals surface area contributed by atoms with Crippen LogP contribution in [0, 0.1) is 13.8 Å². The van der Waals surface area contributed by atoms with Crippen LogP contribution in [0.4, 0.5) is 5.82 Å². The Labute approximate surface area is 120 Å². The summed E-state index contributed by atoms with van der Waals surface area (Å²) in [4.78, 5) is 10.9. The molecule has 4 rings (SSSR count). The first-order valence-electron chi connectivity index (χ1n) is 6.95. The fourth-order valence-electron chi connectivity index (χ4n) is 2.67. The average Bonchev–Trinajstić information content (AvgIpc) is 2.91. The largest absolute Gasteiger partial charge is 0.431 e. The van der Waals surface area contributed by atoms with Crippen molar-refractivity contribution >= 4 is 28.0 Å². The Morgan fingerprint density at radius 3 is 2.71 bits per heavy atom. The molecule has 0 unspecified atom stereocenters. The molecule has 1 saturated heterocycles. The van der Waals surface area contributed by atoms with Gasteiger partial charge in [-0.3, -0.25) is 0 Å². The van der Waals surface area contributed by atoms with E-state index in [1.807, 2.05) is 13.8 Å². The second kappa shape index (κ2) is 4.63. The third-order valence-corrected chi connectivity index (χ3v) is 3.95. The Morgan fingerprint density at radius 1 is 1.10 bits per heavy atom. The smallest absolute Gasteiger partial charge is 0.249 e. The molecule has 3 aromatic heterocycles. The second-order valence-corrected chi connectivity index (χ2v) is 5.17. The number of rotatable bonds is 1. The first-order valence-corrected chi connectivity index (χ1v) is 6.95. The van der Waals surface area contributed by atoms with Crippen molar-refractivity contribution in [1.82, 2.24) is 20.2 Å². The van der Waals surface area contributed by atoms with Crippen molar-refractivity contribution in [2.45, 2.75) is 13.8 Å². The van der Waals surface area contributed by atoms with Gasteiger partial charge in [0.1, 0.15) is 11.8 Å². The van der Waals surface area contributed by atoms with Crippen LogP contribution < -0.4 is 4.90 Å². The van der Waals surface area contributed by atoms with E-state index in [0.29, 0.717) is 24.5 Å². The fourth-order valence-corrected chi connectivity index (χ4v) is 2.67. The lowest BCUT2D eigenvalue weighted by atomic mass is 10.1. The van der Waals surface area contributed by atoms with Gasteiger partial charge in [-0.1, -0.05) is 0 Å². The Balaban J connectivity index is 1.99. The molecule has 0 amide bonds. The molecule has 3 aromatic rings. The van der Waals surface area contributed by atoms with E-state index >= 15 is 0 Å². The zero-order valence-corrected chi connectivity index (χ0v) is 12.0. The Bertz CT molecular complexity index is 823. The highest BCUT2D eigenvalue weighted by Crippen LogP contribution is 2.33. The van der Waals surface area contributed by atoms with E-state index < -0.39 is 0 Å². The van der Waals surface area contributed by atoms with E-state index in [1.165, 1.54) is 0 Å². The summed E-state index contributed by atoms with van der Waals surface area (Å²) in [5.41, 5.74) is 3.93. The maximum Gasteiger partial charge on any atom is 0.249 e. The molecule has 0 radical (unpaired) electrons. The first kappa shape index (κ1) is 12.5. The average molecular weight is 285 g/mol. The van der Waals surface area contributed by atoms with E-state index in [4.69, 9.17) is 9.15 Å². The van der Waals surface area contributed by atoms with Crippen molar-refractivity contribution in [1.29, 1.82) is 0 Å². The molecule has 0 spiro atoms. The summed E-state index contributed by atoms with van der Waals surface area (Å²) in [6.07, 6.45) is 1.58. The zero-order chi connectivity index (χ0) is 14.4. The number of aryl methyl sites for hydroxylation is 2. The van der Waals surface area contributed by atoms with Gasteiger partial charge in [-0.2, -0.15) is 5.10 Å². The van der Waals surface area contributed by atoms with Gasteiger partial charge in [0.2, 0.25) is 5.71 Å². The number of anilines is 1. The fraction of sp³-hybridized carbons (Fsp3) is 0.429. The number of nitrogens with zero attached hydrogens (tertiary/aromatic N) is 5. The van der Waals surface area contributed by atoms with Crippen LogP contribution in [-0.4, -0.2) is 46.5 Å². The van der Waals surface area contributed by atoms with Gasteiger partial charge in [-0.25, -0.2) is 9.97 Å². The minimum absolute atomic E-state index is 0.517. The number of fused-ring (bicyclic) bond motifs is 3. The van der Waals surface area contributed by atoms with Crippen LogP contribution in [0.25, 0.3) is 22.2 Å². The standard InChI is InChI=1S/C14H15N5O2/c1-8-9(2)17-18-14-10(8)11-12(21-14)13(16-7-15-11)19-3-5-20-6-4-19/h7H,3-6H2,1-2H3. The first-order chi connectivity index (χ1) is 10.3. The van der Waals surface area contributed by atoms with Gasteiger partial charge in [-0.05, 0) is 19.4 Å². The highest BCUT2D eigenvalue weighted by molar-refractivity contribution is 6.06. The highest BCUT2D eigenvalue weighted by atomic mass is 16.5. The van der Waals surface area contributed by atoms with Crippen molar-refractivity contribution in [2.75, 3.05) is 31.2 Å². The van der Waals surface area contributed by atoms with Crippen LogP contribution in [0.5, 0.6) is 0 Å². The molecule has 0 bridgehead atoms. The molecule has 0 aliphatic carbocycles. The molecule has 1 aliphatic heterocycles. The van der Waals surface area contributed by atoms with Gasteiger partial charge < -0.3 is 14.1 Å². The molecular weight excluding hydrogens is 270 g/mol. The second-order valence-electron chi connectivity index (χ2n) is 5.17. The molecule has 0 N–H and O–H groups in total. The Hall–Kier alpha value is -2.28. The van der Waals surface area contributed by atoms with E-state index in [2.05, 4.69) is 25.1 Å². The monoisotopic (exact) mass is 285 g/mol. The normalized spacial score (nSPS) is 16.0. The summed E-state index contributed by atoms with van der Waals surface area (Å²) >= 11 is 0. The zero-order valence-electron chi connectivity index (χ0n) is 12.0. The Kier molecular flexibility index (Phi) is 2.75. The van der Waals surface area contributed by atoms with Crippen LogP contribution in [0.15, 0.2) is 10.7 Å². The van der Waals surface area contributed by atoms with Crippen molar-refractivity contribution in [3.05, 3.63) is 17.6 Å². The number of ether oxygens (including phenoxy) is 1. The van der Waals surface area contributed by atoms with Crippen LogP contribution in [-0.2, 0) is 4.74 Å². The topological polar surface area (TPSA) is 77.2 Å². The predicted octanol–water partition coefficient (Wildman–Crippen LogP) is 1.62.